The van der Waals surface area contributed by atoms with Gasteiger partial charge in [0.25, 0.3) is 5.91 Å². The summed E-state index contributed by atoms with van der Waals surface area (Å²) in [5, 5.41) is 5.62. The van der Waals surface area contributed by atoms with Gasteiger partial charge in [-0.1, -0.05) is 12.1 Å². The van der Waals surface area contributed by atoms with Crippen LogP contribution in [0.15, 0.2) is 48.5 Å². The van der Waals surface area contributed by atoms with E-state index in [-0.39, 0.29) is 23.4 Å². The Kier molecular flexibility index (Phi) is 7.49. The van der Waals surface area contributed by atoms with Crippen molar-refractivity contribution in [3.8, 4) is 0 Å². The SMILES string of the molecule is CC(C)(C)OC(=O)NCc1ccc(C(=O)NNC(=S)Nc2ccc(F)cc2)cc1. The molecule has 0 aromatic heterocycles. The lowest BCUT2D eigenvalue weighted by atomic mass is 10.1. The molecule has 154 valence electrons. The van der Waals surface area contributed by atoms with Gasteiger partial charge in [-0.05, 0) is 75.0 Å². The lowest BCUT2D eigenvalue weighted by molar-refractivity contribution is 0.0523. The molecule has 0 fully saturated rings. The van der Waals surface area contributed by atoms with E-state index in [4.69, 9.17) is 17.0 Å². The van der Waals surface area contributed by atoms with Crippen LogP contribution in [0.3, 0.4) is 0 Å². The predicted octanol–water partition coefficient (Wildman–Crippen LogP) is 3.48. The third-order valence-electron chi connectivity index (χ3n) is 3.44. The second kappa shape index (κ2) is 9.83. The molecule has 0 atom stereocenters. The van der Waals surface area contributed by atoms with Gasteiger partial charge in [0.05, 0.1) is 0 Å². The molecule has 0 unspecified atom stereocenters. The van der Waals surface area contributed by atoms with Gasteiger partial charge in [-0.3, -0.25) is 15.6 Å². The first-order valence-corrected chi connectivity index (χ1v) is 9.22. The van der Waals surface area contributed by atoms with Gasteiger partial charge in [0.1, 0.15) is 11.4 Å². The lowest BCUT2D eigenvalue weighted by Gasteiger charge is -2.19. The molecule has 4 N–H and O–H groups in total. The molecule has 2 amide bonds. The number of hydrogen-bond acceptors (Lipinski definition) is 4. The highest BCUT2D eigenvalue weighted by molar-refractivity contribution is 7.80. The minimum Gasteiger partial charge on any atom is -0.444 e. The normalized spacial score (nSPS) is 10.6. The van der Waals surface area contributed by atoms with Crippen LogP contribution >= 0.6 is 12.2 Å². The number of amides is 2. The Balaban J connectivity index is 1.78. The van der Waals surface area contributed by atoms with Crippen LogP contribution in [0.5, 0.6) is 0 Å². The maximum atomic E-state index is 12.9. The molecule has 29 heavy (non-hydrogen) atoms. The second-order valence-corrected chi connectivity index (χ2v) is 7.50. The lowest BCUT2D eigenvalue weighted by Crippen LogP contribution is -2.43. The average molecular weight is 418 g/mol. The molecule has 9 heteroatoms. The second-order valence-electron chi connectivity index (χ2n) is 7.09. The highest BCUT2D eigenvalue weighted by Crippen LogP contribution is 2.09. The summed E-state index contributed by atoms with van der Waals surface area (Å²) in [5.74, 6) is -0.743. The Morgan fingerprint density at radius 1 is 1.00 bits per heavy atom. The van der Waals surface area contributed by atoms with E-state index in [0.717, 1.165) is 5.56 Å². The molecule has 0 saturated carbocycles. The molecule has 0 heterocycles. The van der Waals surface area contributed by atoms with Crippen molar-refractivity contribution in [2.24, 2.45) is 0 Å². The minimum atomic E-state index is -0.564. The first-order chi connectivity index (χ1) is 13.6. The van der Waals surface area contributed by atoms with Crippen LogP contribution in [-0.2, 0) is 11.3 Å². The largest absolute Gasteiger partial charge is 0.444 e. The van der Waals surface area contributed by atoms with Crippen molar-refractivity contribution in [3.05, 3.63) is 65.5 Å². The van der Waals surface area contributed by atoms with Gasteiger partial charge >= 0.3 is 6.09 Å². The molecule has 0 radical (unpaired) electrons. The van der Waals surface area contributed by atoms with Gasteiger partial charge in [-0.2, -0.15) is 0 Å². The Hall–Kier alpha value is -3.20. The summed E-state index contributed by atoms with van der Waals surface area (Å²) in [7, 11) is 0. The van der Waals surface area contributed by atoms with Gasteiger partial charge < -0.3 is 15.4 Å². The fourth-order valence-corrected chi connectivity index (χ4v) is 2.31. The smallest absolute Gasteiger partial charge is 0.407 e. The van der Waals surface area contributed by atoms with Gasteiger partial charge in [0.15, 0.2) is 5.11 Å². The van der Waals surface area contributed by atoms with Crippen molar-refractivity contribution in [2.45, 2.75) is 32.9 Å². The Morgan fingerprint density at radius 2 is 1.62 bits per heavy atom. The molecule has 0 aliphatic carbocycles. The van der Waals surface area contributed by atoms with Crippen molar-refractivity contribution in [3.63, 3.8) is 0 Å². The molecule has 2 aromatic rings. The Bertz CT molecular complexity index is 865. The summed E-state index contributed by atoms with van der Waals surface area (Å²) < 4.78 is 18.1. The number of carbonyl (C=O) groups excluding carboxylic acids is 2. The molecule has 7 nitrogen and oxygen atoms in total. The van der Waals surface area contributed by atoms with Crippen LogP contribution in [0.4, 0.5) is 14.9 Å². The monoisotopic (exact) mass is 418 g/mol. The van der Waals surface area contributed by atoms with Crippen molar-refractivity contribution < 1.29 is 18.7 Å². The number of hydrazine groups is 1. The number of rotatable bonds is 4. The number of halogens is 1. The fraction of sp³-hybridized carbons (Fsp3) is 0.250. The van der Waals surface area contributed by atoms with Crippen LogP contribution in [-0.4, -0.2) is 22.7 Å². The molecular weight excluding hydrogens is 395 g/mol. The average Bonchev–Trinajstić information content (AvgIpc) is 2.65. The van der Waals surface area contributed by atoms with E-state index in [1.54, 1.807) is 45.0 Å². The third-order valence-corrected chi connectivity index (χ3v) is 3.65. The number of nitrogens with one attached hydrogen (secondary N) is 4. The molecular formula is C20H23FN4O3S. The Labute approximate surface area is 174 Å². The number of anilines is 1. The van der Waals surface area contributed by atoms with E-state index in [0.29, 0.717) is 11.3 Å². The van der Waals surface area contributed by atoms with Crippen molar-refractivity contribution >= 4 is 35.0 Å². The van der Waals surface area contributed by atoms with Crippen LogP contribution in [0.25, 0.3) is 0 Å². The number of thiocarbonyl (C=S) groups is 1. The van der Waals surface area contributed by atoms with Gasteiger partial charge in [-0.15, -0.1) is 0 Å². The van der Waals surface area contributed by atoms with E-state index in [2.05, 4.69) is 21.5 Å². The van der Waals surface area contributed by atoms with Gasteiger partial charge in [-0.25, -0.2) is 9.18 Å². The molecule has 2 rings (SSSR count). The summed E-state index contributed by atoms with van der Waals surface area (Å²) in [6.07, 6.45) is -0.509. The van der Waals surface area contributed by atoms with Crippen molar-refractivity contribution in [1.29, 1.82) is 0 Å². The van der Waals surface area contributed by atoms with Crippen LogP contribution < -0.4 is 21.5 Å². The zero-order valence-electron chi connectivity index (χ0n) is 16.3. The summed E-state index contributed by atoms with van der Waals surface area (Å²) in [6, 6.07) is 12.3. The standard InChI is InChI=1S/C20H23FN4O3S/c1-20(2,3)28-19(27)22-12-13-4-6-14(7-5-13)17(26)24-25-18(29)23-16-10-8-15(21)9-11-16/h4-11H,12H2,1-3H3,(H,22,27)(H,24,26)(H2,23,25,29). The van der Waals surface area contributed by atoms with E-state index in [1.165, 1.54) is 24.3 Å². The maximum absolute atomic E-state index is 12.9. The molecule has 0 spiro atoms. The summed E-state index contributed by atoms with van der Waals surface area (Å²) in [4.78, 5) is 23.8. The number of carbonyl (C=O) groups is 2. The number of alkyl carbamates (subject to hydrolysis) is 1. The fourth-order valence-electron chi connectivity index (χ4n) is 2.14. The highest BCUT2D eigenvalue weighted by atomic mass is 32.1. The van der Waals surface area contributed by atoms with Crippen LogP contribution in [0.2, 0.25) is 0 Å². The highest BCUT2D eigenvalue weighted by Gasteiger charge is 2.15. The number of benzene rings is 2. The van der Waals surface area contributed by atoms with Gasteiger partial charge in [0, 0.05) is 17.8 Å². The molecule has 0 aliphatic rings. The zero-order chi connectivity index (χ0) is 21.4. The third kappa shape index (κ3) is 8.14. The van der Waals surface area contributed by atoms with E-state index in [1.807, 2.05) is 0 Å². The van der Waals surface area contributed by atoms with E-state index in [9.17, 15) is 14.0 Å². The van der Waals surface area contributed by atoms with Crippen LogP contribution in [0.1, 0.15) is 36.7 Å². The van der Waals surface area contributed by atoms with Crippen LogP contribution in [0, 0.1) is 5.82 Å². The summed E-state index contributed by atoms with van der Waals surface area (Å²) >= 11 is 5.07. The Morgan fingerprint density at radius 3 is 2.21 bits per heavy atom. The quantitative estimate of drug-likeness (QED) is 0.449. The predicted molar refractivity (Wildman–Crippen MR) is 113 cm³/mol. The molecule has 2 aromatic carbocycles. The first-order valence-electron chi connectivity index (χ1n) is 8.81. The zero-order valence-corrected chi connectivity index (χ0v) is 17.2. The first kappa shape index (κ1) is 22.1. The van der Waals surface area contributed by atoms with Crippen molar-refractivity contribution in [2.75, 3.05) is 5.32 Å². The minimum absolute atomic E-state index is 0.156. The topological polar surface area (TPSA) is 91.5 Å². The summed E-state index contributed by atoms with van der Waals surface area (Å²) in [5.41, 5.74) is 6.28. The van der Waals surface area contributed by atoms with Gasteiger partial charge in [0.2, 0.25) is 0 Å². The van der Waals surface area contributed by atoms with E-state index < -0.39 is 11.7 Å². The molecule has 0 bridgehead atoms. The summed E-state index contributed by atoms with van der Waals surface area (Å²) in [6.45, 7) is 5.64. The van der Waals surface area contributed by atoms with E-state index >= 15 is 0 Å². The molecule has 0 aliphatic heterocycles. The number of ether oxygens (including phenoxy) is 1. The number of hydrogen-bond donors (Lipinski definition) is 4. The molecule has 0 saturated heterocycles. The maximum Gasteiger partial charge on any atom is 0.407 e. The van der Waals surface area contributed by atoms with Crippen molar-refractivity contribution in [1.82, 2.24) is 16.2 Å².